The summed E-state index contributed by atoms with van der Waals surface area (Å²) in [4.78, 5) is 0. The highest BCUT2D eigenvalue weighted by molar-refractivity contribution is 9.10. The predicted octanol–water partition coefficient (Wildman–Crippen LogP) is 3.04. The standard InChI is InChI=1S/C12H13BrN2O2/c1-8(14)11-3-2-9(13)6-12(11)16-7-10-4-5-15-17-10/h2-6,8H,7,14H2,1H3/t8-/m0/s1. The fourth-order valence-corrected chi connectivity index (χ4v) is 1.81. The van der Waals surface area contributed by atoms with Gasteiger partial charge in [0.15, 0.2) is 5.76 Å². The fourth-order valence-electron chi connectivity index (χ4n) is 1.47. The number of ether oxygens (including phenoxy) is 1. The highest BCUT2D eigenvalue weighted by atomic mass is 79.9. The normalized spacial score (nSPS) is 12.4. The van der Waals surface area contributed by atoms with E-state index in [0.29, 0.717) is 12.4 Å². The highest BCUT2D eigenvalue weighted by Gasteiger charge is 2.09. The van der Waals surface area contributed by atoms with Gasteiger partial charge in [0, 0.05) is 22.1 Å². The molecule has 90 valence electrons. The number of hydrogen-bond donors (Lipinski definition) is 1. The molecule has 17 heavy (non-hydrogen) atoms. The summed E-state index contributed by atoms with van der Waals surface area (Å²) in [6.45, 7) is 2.26. The van der Waals surface area contributed by atoms with Crippen molar-refractivity contribution in [2.75, 3.05) is 0 Å². The molecule has 2 aromatic rings. The third-order valence-corrected chi connectivity index (χ3v) is 2.82. The van der Waals surface area contributed by atoms with Gasteiger partial charge >= 0.3 is 0 Å². The number of nitrogens with zero attached hydrogens (tertiary/aromatic N) is 1. The SMILES string of the molecule is C[C@H](N)c1ccc(Br)cc1OCc1ccno1. The first-order valence-corrected chi connectivity index (χ1v) is 6.03. The van der Waals surface area contributed by atoms with Gasteiger partial charge in [-0.3, -0.25) is 0 Å². The van der Waals surface area contributed by atoms with Gasteiger partial charge in [-0.15, -0.1) is 0 Å². The number of aromatic nitrogens is 1. The van der Waals surface area contributed by atoms with E-state index >= 15 is 0 Å². The molecule has 5 heteroatoms. The first kappa shape index (κ1) is 12.1. The van der Waals surface area contributed by atoms with Crippen molar-refractivity contribution in [3.8, 4) is 5.75 Å². The van der Waals surface area contributed by atoms with E-state index in [1.54, 1.807) is 12.3 Å². The summed E-state index contributed by atoms with van der Waals surface area (Å²) in [5, 5.41) is 3.62. The smallest absolute Gasteiger partial charge is 0.174 e. The lowest BCUT2D eigenvalue weighted by Crippen LogP contribution is -2.08. The topological polar surface area (TPSA) is 61.3 Å². The van der Waals surface area contributed by atoms with Gasteiger partial charge in [0.2, 0.25) is 0 Å². The molecule has 2 N–H and O–H groups in total. The molecular weight excluding hydrogens is 284 g/mol. The average molecular weight is 297 g/mol. The van der Waals surface area contributed by atoms with Gasteiger partial charge in [-0.25, -0.2) is 0 Å². The van der Waals surface area contributed by atoms with Crippen LogP contribution in [0.4, 0.5) is 0 Å². The number of hydrogen-bond acceptors (Lipinski definition) is 4. The van der Waals surface area contributed by atoms with E-state index < -0.39 is 0 Å². The van der Waals surface area contributed by atoms with Crippen LogP contribution in [0.25, 0.3) is 0 Å². The molecule has 0 amide bonds. The lowest BCUT2D eigenvalue weighted by Gasteiger charge is -2.13. The second kappa shape index (κ2) is 5.33. The summed E-state index contributed by atoms with van der Waals surface area (Å²) in [5.74, 6) is 1.44. The molecule has 0 aliphatic rings. The molecule has 0 bridgehead atoms. The van der Waals surface area contributed by atoms with Crippen LogP contribution in [0.5, 0.6) is 5.75 Å². The molecule has 0 fully saturated rings. The molecule has 0 aliphatic carbocycles. The van der Waals surface area contributed by atoms with Crippen molar-refractivity contribution in [1.29, 1.82) is 0 Å². The molecule has 1 atom stereocenters. The van der Waals surface area contributed by atoms with E-state index in [9.17, 15) is 0 Å². The molecule has 2 rings (SSSR count). The summed E-state index contributed by atoms with van der Waals surface area (Å²) < 4.78 is 11.6. The van der Waals surface area contributed by atoms with E-state index in [1.165, 1.54) is 0 Å². The number of halogens is 1. The van der Waals surface area contributed by atoms with Crippen LogP contribution in [-0.2, 0) is 6.61 Å². The summed E-state index contributed by atoms with van der Waals surface area (Å²) in [7, 11) is 0. The molecule has 0 saturated heterocycles. The van der Waals surface area contributed by atoms with Gasteiger partial charge in [-0.05, 0) is 19.1 Å². The van der Waals surface area contributed by atoms with Gasteiger partial charge in [0.05, 0.1) is 6.20 Å². The van der Waals surface area contributed by atoms with Crippen molar-refractivity contribution in [3.05, 3.63) is 46.3 Å². The minimum Gasteiger partial charge on any atom is -0.485 e. The van der Waals surface area contributed by atoms with Gasteiger partial charge in [-0.2, -0.15) is 0 Å². The zero-order chi connectivity index (χ0) is 12.3. The van der Waals surface area contributed by atoms with Crippen molar-refractivity contribution >= 4 is 15.9 Å². The molecule has 1 aromatic heterocycles. The van der Waals surface area contributed by atoms with Crippen LogP contribution in [0.15, 0.2) is 39.5 Å². The lowest BCUT2D eigenvalue weighted by atomic mass is 10.1. The maximum atomic E-state index is 5.88. The second-order valence-electron chi connectivity index (χ2n) is 3.74. The summed E-state index contributed by atoms with van der Waals surface area (Å²) in [6, 6.07) is 7.48. The van der Waals surface area contributed by atoms with Gasteiger partial charge in [0.25, 0.3) is 0 Å². The van der Waals surface area contributed by atoms with Gasteiger partial charge in [-0.1, -0.05) is 27.2 Å². The van der Waals surface area contributed by atoms with Crippen LogP contribution >= 0.6 is 15.9 Å². The average Bonchev–Trinajstić information content (AvgIpc) is 2.78. The van der Waals surface area contributed by atoms with Crippen LogP contribution in [0.1, 0.15) is 24.3 Å². The molecule has 0 aliphatic heterocycles. The van der Waals surface area contributed by atoms with Crippen LogP contribution in [0, 0.1) is 0 Å². The summed E-state index contributed by atoms with van der Waals surface area (Å²) in [5.41, 5.74) is 6.85. The van der Waals surface area contributed by atoms with Gasteiger partial charge in [0.1, 0.15) is 12.4 Å². The largest absolute Gasteiger partial charge is 0.485 e. The van der Waals surface area contributed by atoms with Crippen molar-refractivity contribution in [2.45, 2.75) is 19.6 Å². The predicted molar refractivity (Wildman–Crippen MR) is 67.6 cm³/mol. The van der Waals surface area contributed by atoms with Crippen LogP contribution in [-0.4, -0.2) is 5.16 Å². The number of rotatable bonds is 4. The van der Waals surface area contributed by atoms with Crippen molar-refractivity contribution < 1.29 is 9.26 Å². The Bertz CT molecular complexity index is 483. The fraction of sp³-hybridized carbons (Fsp3) is 0.250. The zero-order valence-corrected chi connectivity index (χ0v) is 11.0. The molecule has 0 spiro atoms. The summed E-state index contributed by atoms with van der Waals surface area (Å²) >= 11 is 3.41. The number of benzene rings is 1. The van der Waals surface area contributed by atoms with E-state index in [0.717, 1.165) is 15.8 Å². The van der Waals surface area contributed by atoms with Gasteiger partial charge < -0.3 is 15.0 Å². The van der Waals surface area contributed by atoms with Crippen molar-refractivity contribution in [2.24, 2.45) is 5.73 Å². The Balaban J connectivity index is 2.16. The Morgan fingerprint density at radius 1 is 1.47 bits per heavy atom. The minimum absolute atomic E-state index is 0.0761. The molecule has 1 aromatic carbocycles. The van der Waals surface area contributed by atoms with E-state index in [4.69, 9.17) is 15.0 Å². The highest BCUT2D eigenvalue weighted by Crippen LogP contribution is 2.28. The Kier molecular flexibility index (Phi) is 3.81. The zero-order valence-electron chi connectivity index (χ0n) is 9.39. The molecule has 0 radical (unpaired) electrons. The van der Waals surface area contributed by atoms with E-state index in [1.807, 2.05) is 25.1 Å². The maximum absolute atomic E-state index is 5.88. The lowest BCUT2D eigenvalue weighted by molar-refractivity contribution is 0.246. The first-order valence-electron chi connectivity index (χ1n) is 5.24. The molecule has 1 heterocycles. The molecule has 0 saturated carbocycles. The Morgan fingerprint density at radius 2 is 2.29 bits per heavy atom. The first-order chi connectivity index (χ1) is 8.16. The third kappa shape index (κ3) is 3.08. The van der Waals surface area contributed by atoms with E-state index in [-0.39, 0.29) is 6.04 Å². The van der Waals surface area contributed by atoms with Crippen LogP contribution in [0.2, 0.25) is 0 Å². The Labute approximate surface area is 108 Å². The van der Waals surface area contributed by atoms with Crippen LogP contribution in [0.3, 0.4) is 0 Å². The van der Waals surface area contributed by atoms with E-state index in [2.05, 4.69) is 21.1 Å². The quantitative estimate of drug-likeness (QED) is 0.942. The minimum atomic E-state index is -0.0761. The molecular formula is C12H13BrN2O2. The van der Waals surface area contributed by atoms with Crippen LogP contribution < -0.4 is 10.5 Å². The summed E-state index contributed by atoms with van der Waals surface area (Å²) in [6.07, 6.45) is 1.59. The number of nitrogens with two attached hydrogens (primary N) is 1. The van der Waals surface area contributed by atoms with Crippen molar-refractivity contribution in [3.63, 3.8) is 0 Å². The monoisotopic (exact) mass is 296 g/mol. The molecule has 0 unspecified atom stereocenters. The third-order valence-electron chi connectivity index (χ3n) is 2.33. The second-order valence-corrected chi connectivity index (χ2v) is 4.65. The molecule has 4 nitrogen and oxygen atoms in total. The maximum Gasteiger partial charge on any atom is 0.174 e. The Hall–Kier alpha value is -1.33. The van der Waals surface area contributed by atoms with Crippen molar-refractivity contribution in [1.82, 2.24) is 5.16 Å². The Morgan fingerprint density at radius 3 is 2.94 bits per heavy atom.